The van der Waals surface area contributed by atoms with Gasteiger partial charge in [-0.05, 0) is 28.1 Å². The maximum Gasteiger partial charge on any atom is 0.180 e. The van der Waals surface area contributed by atoms with E-state index in [1.54, 1.807) is 31.6 Å². The lowest BCUT2D eigenvalue weighted by Crippen LogP contribution is -2.03. The van der Waals surface area contributed by atoms with Gasteiger partial charge in [-0.3, -0.25) is 0 Å². The van der Waals surface area contributed by atoms with Gasteiger partial charge in [0.2, 0.25) is 0 Å². The summed E-state index contributed by atoms with van der Waals surface area (Å²) in [5, 5.41) is 5.95. The third-order valence-electron chi connectivity index (χ3n) is 2.84. The molecule has 2 heterocycles. The molecule has 3 rings (SSSR count). The second-order valence-corrected chi connectivity index (χ2v) is 4.96. The summed E-state index contributed by atoms with van der Waals surface area (Å²) in [5.74, 6) is 0.777. The minimum Gasteiger partial charge on any atom is -0.372 e. The summed E-state index contributed by atoms with van der Waals surface area (Å²) in [4.78, 5) is 8.60. The van der Waals surface area contributed by atoms with Gasteiger partial charge in [-0.25, -0.2) is 14.4 Å². The third-order valence-corrected chi connectivity index (χ3v) is 3.50. The highest BCUT2D eigenvalue weighted by Gasteiger charge is 2.12. The van der Waals surface area contributed by atoms with Gasteiger partial charge in [-0.15, -0.1) is 0 Å². The van der Waals surface area contributed by atoms with Crippen molar-refractivity contribution in [1.82, 2.24) is 14.4 Å². The van der Waals surface area contributed by atoms with Crippen molar-refractivity contribution in [3.05, 3.63) is 47.1 Å². The van der Waals surface area contributed by atoms with E-state index in [4.69, 9.17) is 0 Å². The van der Waals surface area contributed by atoms with Crippen LogP contribution in [-0.4, -0.2) is 21.4 Å². The average Bonchev–Trinajstić information content (AvgIpc) is 2.91. The highest BCUT2D eigenvalue weighted by Crippen LogP contribution is 2.29. The Kier molecular flexibility index (Phi) is 3.27. The first-order valence-electron chi connectivity index (χ1n) is 5.91. The van der Waals surface area contributed by atoms with E-state index in [1.807, 2.05) is 10.6 Å². The van der Waals surface area contributed by atoms with Crippen molar-refractivity contribution in [3.8, 4) is 0 Å². The molecule has 0 aliphatic heterocycles. The predicted octanol–water partition coefficient (Wildman–Crippen LogP) is 3.42. The highest BCUT2D eigenvalue weighted by molar-refractivity contribution is 9.10. The van der Waals surface area contributed by atoms with E-state index < -0.39 is 0 Å². The molecule has 0 saturated carbocycles. The van der Waals surface area contributed by atoms with E-state index in [-0.39, 0.29) is 5.82 Å². The molecule has 102 valence electrons. The van der Waals surface area contributed by atoms with Gasteiger partial charge in [-0.2, -0.15) is 0 Å². The highest BCUT2D eigenvalue weighted by atomic mass is 79.9. The number of hydrogen-bond donors (Lipinski definition) is 2. The molecule has 3 aromatic rings. The maximum atomic E-state index is 13.9. The Morgan fingerprint density at radius 3 is 2.95 bits per heavy atom. The second kappa shape index (κ2) is 5.09. The molecular weight excluding hydrogens is 325 g/mol. The molecule has 2 N–H and O–H groups in total. The molecule has 0 atom stereocenters. The zero-order valence-electron chi connectivity index (χ0n) is 10.6. The Balaban J connectivity index is 2.12. The summed E-state index contributed by atoms with van der Waals surface area (Å²) in [6, 6.07) is 4.78. The van der Waals surface area contributed by atoms with E-state index in [9.17, 15) is 4.39 Å². The van der Waals surface area contributed by atoms with E-state index in [2.05, 4.69) is 36.5 Å². The summed E-state index contributed by atoms with van der Waals surface area (Å²) in [7, 11) is 1.77. The van der Waals surface area contributed by atoms with Crippen LogP contribution < -0.4 is 10.6 Å². The number of benzene rings is 1. The lowest BCUT2D eigenvalue weighted by molar-refractivity contribution is 0.631. The van der Waals surface area contributed by atoms with Gasteiger partial charge in [0.05, 0.1) is 11.9 Å². The van der Waals surface area contributed by atoms with Crippen molar-refractivity contribution in [1.29, 1.82) is 0 Å². The van der Waals surface area contributed by atoms with Crippen LogP contribution in [-0.2, 0) is 0 Å². The van der Waals surface area contributed by atoms with Gasteiger partial charge in [0.15, 0.2) is 11.5 Å². The molecule has 0 aliphatic rings. The van der Waals surface area contributed by atoms with Crippen LogP contribution in [0.15, 0.2) is 41.3 Å². The van der Waals surface area contributed by atoms with Crippen LogP contribution in [0.2, 0.25) is 0 Å². The lowest BCUT2D eigenvalue weighted by Gasteiger charge is -2.11. The van der Waals surface area contributed by atoms with Gasteiger partial charge in [0.1, 0.15) is 11.6 Å². The predicted molar refractivity (Wildman–Crippen MR) is 79.9 cm³/mol. The summed E-state index contributed by atoms with van der Waals surface area (Å²) in [5.41, 5.74) is 0.956. The molecule has 0 fully saturated rings. The molecule has 5 nitrogen and oxygen atoms in total. The van der Waals surface area contributed by atoms with E-state index in [1.165, 1.54) is 6.07 Å². The van der Waals surface area contributed by atoms with E-state index in [0.29, 0.717) is 27.4 Å². The largest absolute Gasteiger partial charge is 0.372 e. The summed E-state index contributed by atoms with van der Waals surface area (Å²) in [6.07, 6.45) is 5.28. The number of anilines is 3. The fourth-order valence-electron chi connectivity index (χ4n) is 1.87. The van der Waals surface area contributed by atoms with Gasteiger partial charge in [0, 0.05) is 23.9 Å². The van der Waals surface area contributed by atoms with Crippen molar-refractivity contribution in [3.63, 3.8) is 0 Å². The Hall–Kier alpha value is -2.15. The number of halogens is 2. The van der Waals surface area contributed by atoms with Gasteiger partial charge < -0.3 is 15.0 Å². The molecule has 0 aliphatic carbocycles. The summed E-state index contributed by atoms with van der Waals surface area (Å²) < 4.78 is 16.3. The number of rotatable bonds is 3. The zero-order chi connectivity index (χ0) is 14.1. The van der Waals surface area contributed by atoms with Crippen LogP contribution in [0.3, 0.4) is 0 Å². The Labute approximate surface area is 123 Å². The quantitative estimate of drug-likeness (QED) is 0.770. The first kappa shape index (κ1) is 12.9. The molecule has 0 saturated heterocycles. The lowest BCUT2D eigenvalue weighted by atomic mass is 10.3. The molecular formula is C13H11BrFN5. The SMILES string of the molecule is CNc1cn2ccnc2c(Nc2c(F)cccc2Br)n1. The van der Waals surface area contributed by atoms with E-state index in [0.717, 1.165) is 0 Å². The average molecular weight is 336 g/mol. The molecule has 1 aromatic carbocycles. The number of aromatic nitrogens is 3. The molecule has 0 spiro atoms. The number of nitrogens with one attached hydrogen (secondary N) is 2. The molecule has 7 heteroatoms. The zero-order valence-corrected chi connectivity index (χ0v) is 12.1. The summed E-state index contributed by atoms with van der Waals surface area (Å²) >= 11 is 3.32. The van der Waals surface area contributed by atoms with Crippen LogP contribution in [0, 0.1) is 5.82 Å². The monoisotopic (exact) mass is 335 g/mol. The number of imidazole rings is 1. The molecule has 20 heavy (non-hydrogen) atoms. The van der Waals surface area contributed by atoms with E-state index >= 15 is 0 Å². The molecule has 0 amide bonds. The number of fused-ring (bicyclic) bond motifs is 1. The summed E-state index contributed by atoms with van der Waals surface area (Å²) in [6.45, 7) is 0. The van der Waals surface area contributed by atoms with Gasteiger partial charge >= 0.3 is 0 Å². The second-order valence-electron chi connectivity index (χ2n) is 4.10. The van der Waals surface area contributed by atoms with Crippen LogP contribution in [0.5, 0.6) is 0 Å². The molecule has 0 radical (unpaired) electrons. The minimum absolute atomic E-state index is 0.332. The molecule has 0 unspecified atom stereocenters. The number of hydrogen-bond acceptors (Lipinski definition) is 4. The number of para-hydroxylation sites is 1. The van der Waals surface area contributed by atoms with Crippen LogP contribution in [0.1, 0.15) is 0 Å². The van der Waals surface area contributed by atoms with Crippen molar-refractivity contribution in [2.45, 2.75) is 0 Å². The normalized spacial score (nSPS) is 10.8. The third kappa shape index (κ3) is 2.20. The molecule has 0 bridgehead atoms. The van der Waals surface area contributed by atoms with Crippen LogP contribution in [0.25, 0.3) is 5.65 Å². The Bertz CT molecular complexity index is 750. The first-order chi connectivity index (χ1) is 9.69. The van der Waals surface area contributed by atoms with Crippen LogP contribution in [0.4, 0.5) is 21.7 Å². The van der Waals surface area contributed by atoms with Crippen molar-refractivity contribution in [2.24, 2.45) is 0 Å². The first-order valence-corrected chi connectivity index (χ1v) is 6.71. The fraction of sp³-hybridized carbons (Fsp3) is 0.0769. The fourth-order valence-corrected chi connectivity index (χ4v) is 2.31. The van der Waals surface area contributed by atoms with Crippen molar-refractivity contribution in [2.75, 3.05) is 17.7 Å². The van der Waals surface area contributed by atoms with Crippen molar-refractivity contribution >= 4 is 38.9 Å². The van der Waals surface area contributed by atoms with Gasteiger partial charge in [-0.1, -0.05) is 6.07 Å². The topological polar surface area (TPSA) is 54.2 Å². The minimum atomic E-state index is -0.360. The maximum absolute atomic E-state index is 13.9. The molecule has 2 aromatic heterocycles. The smallest absolute Gasteiger partial charge is 0.180 e. The Morgan fingerprint density at radius 1 is 1.35 bits per heavy atom. The number of nitrogens with zero attached hydrogens (tertiary/aromatic N) is 3. The van der Waals surface area contributed by atoms with Crippen molar-refractivity contribution < 1.29 is 4.39 Å². The standard InChI is InChI=1S/C13H11BrFN5/c1-16-10-7-20-6-5-17-13(20)12(18-10)19-11-8(14)3-2-4-9(11)15/h2-7,16H,1H3,(H,18,19). The Morgan fingerprint density at radius 2 is 2.20 bits per heavy atom. The van der Waals surface area contributed by atoms with Gasteiger partial charge in [0.25, 0.3) is 0 Å². The van der Waals surface area contributed by atoms with Crippen LogP contribution >= 0.6 is 15.9 Å².